The third-order valence-corrected chi connectivity index (χ3v) is 14.4. The van der Waals surface area contributed by atoms with Crippen molar-refractivity contribution in [1.82, 2.24) is 4.90 Å². The van der Waals surface area contributed by atoms with Crippen LogP contribution in [0.3, 0.4) is 0 Å². The van der Waals surface area contributed by atoms with E-state index in [9.17, 15) is 34.8 Å². The van der Waals surface area contributed by atoms with Crippen LogP contribution >= 0.6 is 0 Å². The van der Waals surface area contributed by atoms with E-state index >= 15 is 0 Å². The van der Waals surface area contributed by atoms with Crippen molar-refractivity contribution in [3.05, 3.63) is 11.6 Å². The number of carbonyl (C=O) groups is 3. The van der Waals surface area contributed by atoms with Crippen LogP contribution in [0.4, 0.5) is 0 Å². The molecule has 4 N–H and O–H groups in total. The summed E-state index contributed by atoms with van der Waals surface area (Å²) in [6.45, 7) is 13.1. The molecule has 0 aromatic rings. The van der Waals surface area contributed by atoms with Crippen molar-refractivity contribution in [2.75, 3.05) is 13.1 Å². The molecule has 0 aromatic heterocycles. The second-order valence-electron chi connectivity index (χ2n) is 16.8. The molecule has 1 spiro atoms. The molecule has 3 heterocycles. The highest BCUT2D eigenvalue weighted by molar-refractivity contribution is 5.87. The number of rotatable bonds is 4. The molecule has 0 radical (unpaired) electrons. The molecular weight excluding hydrogens is 622 g/mol. The molecule has 4 aliphatic carbocycles. The van der Waals surface area contributed by atoms with Crippen molar-refractivity contribution in [2.45, 2.75) is 140 Å². The number of allylic oxidation sites excluding steroid dienone is 1. The monoisotopic (exact) mass is 675 g/mol. The minimum Gasteiger partial charge on any atom is -0.462 e. The normalized spacial score (nSPS) is 53.9. The van der Waals surface area contributed by atoms with Crippen LogP contribution < -0.4 is 0 Å². The van der Waals surface area contributed by atoms with E-state index in [-0.39, 0.29) is 18.9 Å². The zero-order chi connectivity index (χ0) is 34.9. The van der Waals surface area contributed by atoms with Crippen molar-refractivity contribution < 1.29 is 53.8 Å². The second kappa shape index (κ2) is 11.0. The minimum absolute atomic E-state index is 0.105. The van der Waals surface area contributed by atoms with E-state index in [1.54, 1.807) is 26.8 Å². The molecule has 7 fully saturated rings. The molecule has 12 heteroatoms. The summed E-state index contributed by atoms with van der Waals surface area (Å²) >= 11 is 0. The van der Waals surface area contributed by atoms with E-state index in [2.05, 4.69) is 11.8 Å². The predicted octanol–water partition coefficient (Wildman–Crippen LogP) is 1.84. The van der Waals surface area contributed by atoms with E-state index in [0.717, 1.165) is 19.4 Å². The van der Waals surface area contributed by atoms with Crippen molar-refractivity contribution in [2.24, 2.45) is 40.9 Å². The maximum Gasteiger partial charge on any atom is 0.333 e. The minimum atomic E-state index is -1.98. The number of piperidine rings is 2. The summed E-state index contributed by atoms with van der Waals surface area (Å²) in [6, 6.07) is -0.228. The van der Waals surface area contributed by atoms with Gasteiger partial charge < -0.3 is 39.4 Å². The van der Waals surface area contributed by atoms with Gasteiger partial charge in [0.25, 0.3) is 0 Å². The molecule has 12 nitrogen and oxygen atoms in total. The van der Waals surface area contributed by atoms with Crippen LogP contribution in [0.15, 0.2) is 11.6 Å². The van der Waals surface area contributed by atoms with Gasteiger partial charge in [-0.3, -0.25) is 14.5 Å². The van der Waals surface area contributed by atoms with Gasteiger partial charge >= 0.3 is 17.9 Å². The standard InChI is InChI=1S/C36H53NO11/c1-8-18(3)31(41)47-30-28(40)27-21(16-37-15-17(2)9-10-25(37)33(27,7)42)22-14-34-29(35(22,30)43)23(45-19(4)38)13-24-32(34,6)12-11-26(46-20(5)39)36(24,44)48-34/h8,17,21-30,40,42-44H,9-16H2,1-7H3/t17-,21-,22+,23+,24+,25+,26+,27-,28+,29-,30-,32+,33+,34-,35-,36+/m1/s1. The molecule has 7 rings (SSSR count). The Hall–Kier alpha value is -2.09. The van der Waals surface area contributed by atoms with Crippen LogP contribution in [-0.2, 0) is 33.3 Å². The van der Waals surface area contributed by atoms with Gasteiger partial charge in [-0.1, -0.05) is 19.9 Å². The SMILES string of the molecule is CC=C(C)C(=O)O[C@@H]1[C@@H](O)[C@H]2[C@H](CN3C[C@H](C)CC[C@H]3[C@]2(C)O)[C@@H]2C[C@]34O[C@]5(O)[C@@H](OC(C)=O)CC[C@@]3(C)[C@@H]5C[C@H](OC(C)=O)[C@H]4[C@@]12O. The molecule has 268 valence electrons. The number of nitrogens with zero attached hydrogens (tertiary/aromatic N) is 1. The summed E-state index contributed by atoms with van der Waals surface area (Å²) in [5, 5.41) is 50.8. The fraction of sp³-hybridized carbons (Fsp3) is 0.861. The van der Waals surface area contributed by atoms with Crippen molar-refractivity contribution >= 4 is 17.9 Å². The zero-order valence-corrected chi connectivity index (χ0v) is 29.2. The van der Waals surface area contributed by atoms with Gasteiger partial charge in [0.15, 0.2) is 12.2 Å². The summed E-state index contributed by atoms with van der Waals surface area (Å²) in [4.78, 5) is 40.7. The Bertz CT molecular complexity index is 1420. The quantitative estimate of drug-likeness (QED) is 0.194. The lowest BCUT2D eigenvalue weighted by Gasteiger charge is -2.64. The van der Waals surface area contributed by atoms with Crippen LogP contribution in [0.1, 0.15) is 87.0 Å². The Morgan fingerprint density at radius 3 is 2.29 bits per heavy atom. The fourth-order valence-electron chi connectivity index (χ4n) is 12.5. The first kappa shape index (κ1) is 34.4. The van der Waals surface area contributed by atoms with Crippen LogP contribution in [0, 0.1) is 40.9 Å². The maximum atomic E-state index is 13.5. The summed E-state index contributed by atoms with van der Waals surface area (Å²) in [5.74, 6) is -6.90. The van der Waals surface area contributed by atoms with E-state index < -0.39 is 99.9 Å². The highest BCUT2D eigenvalue weighted by Gasteiger charge is 2.87. The fourth-order valence-corrected chi connectivity index (χ4v) is 12.5. The molecule has 16 atom stereocenters. The van der Waals surface area contributed by atoms with Gasteiger partial charge in [-0.25, -0.2) is 4.79 Å². The van der Waals surface area contributed by atoms with E-state index in [0.29, 0.717) is 30.9 Å². The van der Waals surface area contributed by atoms with Crippen LogP contribution in [0.5, 0.6) is 0 Å². The second-order valence-corrected chi connectivity index (χ2v) is 16.8. The summed E-state index contributed by atoms with van der Waals surface area (Å²) in [6.07, 6.45) is -0.515. The highest BCUT2D eigenvalue weighted by atomic mass is 16.7. The van der Waals surface area contributed by atoms with E-state index in [1.165, 1.54) is 13.8 Å². The van der Waals surface area contributed by atoms with Crippen molar-refractivity contribution in [3.8, 4) is 0 Å². The number of aliphatic hydroxyl groups is 4. The Morgan fingerprint density at radius 1 is 0.958 bits per heavy atom. The van der Waals surface area contributed by atoms with Gasteiger partial charge in [-0.2, -0.15) is 0 Å². The van der Waals surface area contributed by atoms with E-state index in [4.69, 9.17) is 18.9 Å². The predicted molar refractivity (Wildman–Crippen MR) is 169 cm³/mol. The lowest BCUT2D eigenvalue weighted by molar-refractivity contribution is -0.299. The molecule has 0 unspecified atom stereocenters. The Kier molecular flexibility index (Phi) is 7.84. The number of ether oxygens (including phenoxy) is 4. The third kappa shape index (κ3) is 4.31. The van der Waals surface area contributed by atoms with Gasteiger partial charge in [0, 0.05) is 55.8 Å². The summed E-state index contributed by atoms with van der Waals surface area (Å²) < 4.78 is 24.7. The van der Waals surface area contributed by atoms with Crippen LogP contribution in [0.25, 0.3) is 0 Å². The number of hydrogen-bond acceptors (Lipinski definition) is 12. The molecular formula is C36H53NO11. The van der Waals surface area contributed by atoms with Gasteiger partial charge in [0.2, 0.25) is 5.79 Å². The van der Waals surface area contributed by atoms with Gasteiger partial charge in [-0.15, -0.1) is 0 Å². The molecule has 0 amide bonds. The molecule has 4 bridgehead atoms. The zero-order valence-electron chi connectivity index (χ0n) is 29.2. The molecule has 3 aliphatic heterocycles. The topological polar surface area (TPSA) is 172 Å². The number of carbonyl (C=O) groups excluding carboxylic acids is 3. The highest BCUT2D eigenvalue weighted by Crippen LogP contribution is 2.77. The van der Waals surface area contributed by atoms with Gasteiger partial charge in [-0.05, 0) is 77.0 Å². The molecule has 48 heavy (non-hydrogen) atoms. The van der Waals surface area contributed by atoms with Gasteiger partial charge in [0.05, 0.1) is 23.2 Å². The third-order valence-electron chi connectivity index (χ3n) is 14.4. The van der Waals surface area contributed by atoms with Crippen molar-refractivity contribution in [1.29, 1.82) is 0 Å². The number of fused-ring (bicyclic) bond motifs is 5. The summed E-state index contributed by atoms with van der Waals surface area (Å²) in [5.41, 5.74) is -5.15. The molecule has 4 saturated carbocycles. The van der Waals surface area contributed by atoms with Crippen LogP contribution in [-0.4, -0.2) is 109 Å². The number of hydrogen-bond donors (Lipinski definition) is 4. The average Bonchev–Trinajstić information content (AvgIpc) is 3.27. The lowest BCUT2D eigenvalue weighted by Crippen LogP contribution is -2.77. The summed E-state index contributed by atoms with van der Waals surface area (Å²) in [7, 11) is 0. The van der Waals surface area contributed by atoms with Crippen LogP contribution in [0.2, 0.25) is 0 Å². The number of esters is 3. The lowest BCUT2D eigenvalue weighted by atomic mass is 9.49. The first-order valence-electron chi connectivity index (χ1n) is 17.8. The first-order valence-corrected chi connectivity index (χ1v) is 17.8. The largest absolute Gasteiger partial charge is 0.462 e. The van der Waals surface area contributed by atoms with Crippen molar-refractivity contribution in [3.63, 3.8) is 0 Å². The molecule has 3 saturated heterocycles. The molecule has 0 aromatic carbocycles. The first-order chi connectivity index (χ1) is 22.4. The smallest absolute Gasteiger partial charge is 0.333 e. The Labute approximate surface area is 282 Å². The molecule has 7 aliphatic rings. The Morgan fingerprint density at radius 2 is 1.65 bits per heavy atom. The number of aliphatic hydroxyl groups excluding tert-OH is 1. The van der Waals surface area contributed by atoms with E-state index in [1.807, 2.05) is 6.92 Å². The Balaban J connectivity index is 1.42. The van der Waals surface area contributed by atoms with Gasteiger partial charge in [0.1, 0.15) is 11.7 Å². The average molecular weight is 676 g/mol. The maximum absolute atomic E-state index is 13.5.